The summed E-state index contributed by atoms with van der Waals surface area (Å²) in [7, 11) is 0. The molecule has 0 bridgehead atoms. The molecule has 3 rings (SSSR count). The van der Waals surface area contributed by atoms with Crippen molar-refractivity contribution in [3.8, 4) is 0 Å². The van der Waals surface area contributed by atoms with Crippen molar-refractivity contribution < 1.29 is 9.53 Å². The van der Waals surface area contributed by atoms with Gasteiger partial charge >= 0.3 is 6.09 Å². The Morgan fingerprint density at radius 3 is 3.10 bits per heavy atom. The van der Waals surface area contributed by atoms with Gasteiger partial charge in [-0.25, -0.2) is 4.79 Å². The fourth-order valence-electron chi connectivity index (χ4n) is 3.21. The van der Waals surface area contributed by atoms with Crippen molar-refractivity contribution in [1.29, 1.82) is 0 Å². The molecule has 1 amide bonds. The first kappa shape index (κ1) is 13.4. The SMILES string of the molecule is Cc1cccc(CN2CC3(CCCNCC3)OC2=O)c1. The van der Waals surface area contributed by atoms with Crippen molar-refractivity contribution in [2.75, 3.05) is 19.6 Å². The Kier molecular flexibility index (Phi) is 3.66. The molecule has 1 aromatic rings. The van der Waals surface area contributed by atoms with Gasteiger partial charge in [-0.2, -0.15) is 0 Å². The van der Waals surface area contributed by atoms with Crippen LogP contribution < -0.4 is 5.32 Å². The number of benzene rings is 1. The predicted molar refractivity (Wildman–Crippen MR) is 77.5 cm³/mol. The average molecular weight is 274 g/mol. The van der Waals surface area contributed by atoms with Gasteiger partial charge in [0.25, 0.3) is 0 Å². The van der Waals surface area contributed by atoms with E-state index in [1.54, 1.807) is 0 Å². The average Bonchev–Trinajstić information content (AvgIpc) is 2.59. The van der Waals surface area contributed by atoms with E-state index in [2.05, 4.69) is 30.4 Å². The molecule has 0 radical (unpaired) electrons. The van der Waals surface area contributed by atoms with Crippen LogP contribution >= 0.6 is 0 Å². The third-order valence-electron chi connectivity index (χ3n) is 4.24. The monoisotopic (exact) mass is 274 g/mol. The van der Waals surface area contributed by atoms with Crippen molar-refractivity contribution in [3.05, 3.63) is 35.4 Å². The zero-order valence-electron chi connectivity index (χ0n) is 12.0. The Morgan fingerprint density at radius 1 is 1.35 bits per heavy atom. The number of carbonyl (C=O) groups excluding carboxylic acids is 1. The molecule has 0 aromatic heterocycles. The first-order valence-corrected chi connectivity index (χ1v) is 7.41. The number of hydrogen-bond acceptors (Lipinski definition) is 3. The van der Waals surface area contributed by atoms with Gasteiger partial charge in [0.05, 0.1) is 6.54 Å². The summed E-state index contributed by atoms with van der Waals surface area (Å²) in [6.45, 7) is 5.41. The summed E-state index contributed by atoms with van der Waals surface area (Å²) in [6.07, 6.45) is 2.80. The van der Waals surface area contributed by atoms with Gasteiger partial charge in [-0.15, -0.1) is 0 Å². The molecule has 1 N–H and O–H groups in total. The van der Waals surface area contributed by atoms with Gasteiger partial charge in [-0.1, -0.05) is 29.8 Å². The fraction of sp³-hybridized carbons (Fsp3) is 0.562. The summed E-state index contributed by atoms with van der Waals surface area (Å²) in [5, 5.41) is 3.38. The van der Waals surface area contributed by atoms with Gasteiger partial charge in [-0.3, -0.25) is 4.90 Å². The molecule has 2 aliphatic rings. The third-order valence-corrected chi connectivity index (χ3v) is 4.24. The van der Waals surface area contributed by atoms with Crippen LogP contribution in [-0.4, -0.2) is 36.2 Å². The lowest BCUT2D eigenvalue weighted by Crippen LogP contribution is -2.35. The summed E-state index contributed by atoms with van der Waals surface area (Å²) < 4.78 is 5.73. The van der Waals surface area contributed by atoms with Crippen LogP contribution in [0.5, 0.6) is 0 Å². The van der Waals surface area contributed by atoms with Crippen molar-refractivity contribution in [2.45, 2.75) is 38.3 Å². The van der Waals surface area contributed by atoms with Crippen molar-refractivity contribution in [2.24, 2.45) is 0 Å². The van der Waals surface area contributed by atoms with Crippen LogP contribution in [0.2, 0.25) is 0 Å². The van der Waals surface area contributed by atoms with Crippen molar-refractivity contribution in [1.82, 2.24) is 10.2 Å². The number of hydrogen-bond donors (Lipinski definition) is 1. The standard InChI is InChI=1S/C16H22N2O2/c1-13-4-2-5-14(10-13)11-18-12-16(20-15(18)19)6-3-8-17-9-7-16/h2,4-5,10,17H,3,6-9,11-12H2,1H3. The molecule has 2 saturated heterocycles. The van der Waals surface area contributed by atoms with Crippen LogP contribution in [0, 0.1) is 6.92 Å². The molecule has 2 fully saturated rings. The summed E-state index contributed by atoms with van der Waals surface area (Å²) >= 11 is 0. The highest BCUT2D eigenvalue weighted by molar-refractivity contribution is 5.70. The van der Waals surface area contributed by atoms with Crippen LogP contribution in [0.3, 0.4) is 0 Å². The topological polar surface area (TPSA) is 41.6 Å². The number of ether oxygens (including phenoxy) is 1. The molecule has 4 heteroatoms. The predicted octanol–water partition coefficient (Wildman–Crippen LogP) is 2.46. The number of rotatable bonds is 2. The lowest BCUT2D eigenvalue weighted by atomic mass is 9.95. The number of carbonyl (C=O) groups is 1. The maximum atomic E-state index is 12.1. The largest absolute Gasteiger partial charge is 0.441 e. The van der Waals surface area contributed by atoms with Gasteiger partial charge in [0.1, 0.15) is 5.60 Å². The fourth-order valence-corrected chi connectivity index (χ4v) is 3.21. The second-order valence-corrected chi connectivity index (χ2v) is 6.00. The van der Waals surface area contributed by atoms with Gasteiger partial charge in [0, 0.05) is 13.0 Å². The number of nitrogens with one attached hydrogen (secondary N) is 1. The minimum Gasteiger partial charge on any atom is -0.441 e. The van der Waals surface area contributed by atoms with E-state index >= 15 is 0 Å². The summed E-state index contributed by atoms with van der Waals surface area (Å²) in [6, 6.07) is 8.31. The first-order chi connectivity index (χ1) is 9.67. The molecular weight excluding hydrogens is 252 g/mol. The van der Waals surface area contributed by atoms with Crippen LogP contribution in [0.1, 0.15) is 30.4 Å². The normalized spacial score (nSPS) is 26.6. The second kappa shape index (κ2) is 5.44. The summed E-state index contributed by atoms with van der Waals surface area (Å²) in [5.41, 5.74) is 2.14. The van der Waals surface area contributed by atoms with E-state index in [9.17, 15) is 4.79 Å². The maximum absolute atomic E-state index is 12.1. The first-order valence-electron chi connectivity index (χ1n) is 7.41. The maximum Gasteiger partial charge on any atom is 0.410 e. The lowest BCUT2D eigenvalue weighted by Gasteiger charge is -2.24. The van der Waals surface area contributed by atoms with E-state index < -0.39 is 0 Å². The number of nitrogens with zero attached hydrogens (tertiary/aromatic N) is 1. The highest BCUT2D eigenvalue weighted by Crippen LogP contribution is 2.32. The molecule has 0 aliphatic carbocycles. The van der Waals surface area contributed by atoms with E-state index in [1.165, 1.54) is 11.1 Å². The van der Waals surface area contributed by atoms with E-state index in [-0.39, 0.29) is 11.7 Å². The van der Waals surface area contributed by atoms with Gasteiger partial charge in [-0.05, 0) is 38.4 Å². The van der Waals surface area contributed by atoms with Crippen molar-refractivity contribution in [3.63, 3.8) is 0 Å². The molecular formula is C16H22N2O2. The molecule has 1 unspecified atom stereocenters. The highest BCUT2D eigenvalue weighted by atomic mass is 16.6. The van der Waals surface area contributed by atoms with Crippen molar-refractivity contribution >= 4 is 6.09 Å². The molecule has 4 nitrogen and oxygen atoms in total. The molecule has 0 saturated carbocycles. The van der Waals surface area contributed by atoms with Crippen LogP contribution in [0.15, 0.2) is 24.3 Å². The van der Waals surface area contributed by atoms with Gasteiger partial charge in [0.2, 0.25) is 0 Å². The summed E-state index contributed by atoms with van der Waals surface area (Å²) in [4.78, 5) is 14.0. The quantitative estimate of drug-likeness (QED) is 0.900. The third kappa shape index (κ3) is 2.80. The molecule has 1 atom stereocenters. The smallest absolute Gasteiger partial charge is 0.410 e. The minimum absolute atomic E-state index is 0.159. The second-order valence-electron chi connectivity index (χ2n) is 6.00. The zero-order valence-corrected chi connectivity index (χ0v) is 12.0. The van der Waals surface area contributed by atoms with E-state index in [0.717, 1.165) is 38.9 Å². The van der Waals surface area contributed by atoms with Crippen LogP contribution in [0.25, 0.3) is 0 Å². The van der Waals surface area contributed by atoms with Gasteiger partial charge < -0.3 is 10.1 Å². The highest BCUT2D eigenvalue weighted by Gasteiger charge is 2.44. The minimum atomic E-state index is -0.260. The molecule has 1 aromatic carbocycles. The Balaban J connectivity index is 1.70. The Hall–Kier alpha value is -1.55. The Bertz CT molecular complexity index is 493. The number of amides is 1. The van der Waals surface area contributed by atoms with Gasteiger partial charge in [0.15, 0.2) is 0 Å². The molecule has 108 valence electrons. The van der Waals surface area contributed by atoms with Crippen LogP contribution in [0.4, 0.5) is 4.79 Å². The lowest BCUT2D eigenvalue weighted by molar-refractivity contribution is 0.0469. The zero-order chi connectivity index (χ0) is 14.0. The number of aryl methyl sites for hydroxylation is 1. The Morgan fingerprint density at radius 2 is 2.25 bits per heavy atom. The molecule has 2 heterocycles. The molecule has 1 spiro atoms. The van der Waals surface area contributed by atoms with E-state index in [0.29, 0.717) is 6.54 Å². The van der Waals surface area contributed by atoms with Crippen LogP contribution in [-0.2, 0) is 11.3 Å². The van der Waals surface area contributed by atoms with E-state index in [1.807, 2.05) is 11.0 Å². The van der Waals surface area contributed by atoms with E-state index in [4.69, 9.17) is 4.74 Å². The Labute approximate surface area is 120 Å². The molecule has 20 heavy (non-hydrogen) atoms. The summed E-state index contributed by atoms with van der Waals surface area (Å²) in [5.74, 6) is 0. The molecule has 2 aliphatic heterocycles.